The molecule has 0 aromatic heterocycles. The summed E-state index contributed by atoms with van der Waals surface area (Å²) in [6, 6.07) is 16.0. The summed E-state index contributed by atoms with van der Waals surface area (Å²) in [6.07, 6.45) is 0. The van der Waals surface area contributed by atoms with Crippen LogP contribution in [0.1, 0.15) is 5.56 Å². The van der Waals surface area contributed by atoms with Gasteiger partial charge in [-0.15, -0.1) is 0 Å². The summed E-state index contributed by atoms with van der Waals surface area (Å²) in [5.74, 6) is 0.559. The molecular weight excluding hydrogens is 289 g/mol. The van der Waals surface area contributed by atoms with E-state index in [0.717, 1.165) is 16.3 Å². The molecule has 0 atom stereocenters. The molecule has 21 heavy (non-hydrogen) atoms. The maximum Gasteiger partial charge on any atom is 0.145 e. The number of rotatable bonds is 3. The van der Waals surface area contributed by atoms with Crippen LogP contribution in [0.4, 0.5) is 4.39 Å². The highest BCUT2D eigenvalue weighted by Gasteiger charge is 2.08. The molecule has 0 amide bonds. The van der Waals surface area contributed by atoms with Crippen LogP contribution in [0, 0.1) is 5.82 Å². The zero-order valence-corrected chi connectivity index (χ0v) is 11.9. The Hall–Kier alpha value is -2.10. The van der Waals surface area contributed by atoms with Crippen LogP contribution in [0.2, 0.25) is 5.02 Å². The molecule has 0 heterocycles. The van der Waals surface area contributed by atoms with Gasteiger partial charge in [-0.25, -0.2) is 4.39 Å². The first-order valence-electron chi connectivity index (χ1n) is 6.52. The van der Waals surface area contributed by atoms with Crippen molar-refractivity contribution >= 4 is 22.4 Å². The Morgan fingerprint density at radius 1 is 1.00 bits per heavy atom. The van der Waals surface area contributed by atoms with E-state index in [1.54, 1.807) is 6.07 Å². The number of halogens is 2. The maximum absolute atomic E-state index is 13.5. The number of hydrogen-bond acceptors (Lipinski definition) is 2. The SMILES string of the molecule is NCc1ccc(Oc2ccc(Cl)c(F)c2)c2ccccc12. The number of benzene rings is 3. The fraction of sp³-hybridized carbons (Fsp3) is 0.0588. The Labute approximate surface area is 126 Å². The van der Waals surface area contributed by atoms with Crippen molar-refractivity contribution in [1.82, 2.24) is 0 Å². The van der Waals surface area contributed by atoms with Crippen LogP contribution in [0.5, 0.6) is 11.5 Å². The monoisotopic (exact) mass is 301 g/mol. The third-order valence-corrected chi connectivity index (χ3v) is 3.62. The Morgan fingerprint density at radius 2 is 1.76 bits per heavy atom. The third kappa shape index (κ3) is 2.71. The van der Waals surface area contributed by atoms with Crippen molar-refractivity contribution < 1.29 is 9.13 Å². The maximum atomic E-state index is 13.5. The third-order valence-electron chi connectivity index (χ3n) is 3.31. The van der Waals surface area contributed by atoms with Gasteiger partial charge in [-0.2, -0.15) is 0 Å². The van der Waals surface area contributed by atoms with Crippen LogP contribution in [0.15, 0.2) is 54.6 Å². The summed E-state index contributed by atoms with van der Waals surface area (Å²) >= 11 is 5.67. The van der Waals surface area contributed by atoms with E-state index < -0.39 is 5.82 Å². The molecule has 3 aromatic rings. The topological polar surface area (TPSA) is 35.2 Å². The van der Waals surface area contributed by atoms with Gasteiger partial charge in [0, 0.05) is 18.0 Å². The van der Waals surface area contributed by atoms with Gasteiger partial charge >= 0.3 is 0 Å². The van der Waals surface area contributed by atoms with E-state index in [9.17, 15) is 4.39 Å². The zero-order chi connectivity index (χ0) is 14.8. The van der Waals surface area contributed by atoms with Gasteiger partial charge in [-0.3, -0.25) is 0 Å². The molecule has 0 aliphatic heterocycles. The Kier molecular flexibility index (Phi) is 3.78. The first kappa shape index (κ1) is 13.9. The largest absolute Gasteiger partial charge is 0.457 e. The van der Waals surface area contributed by atoms with Gasteiger partial charge in [0.1, 0.15) is 17.3 Å². The van der Waals surface area contributed by atoms with E-state index in [-0.39, 0.29) is 5.02 Å². The minimum atomic E-state index is -0.503. The van der Waals surface area contributed by atoms with Crippen molar-refractivity contribution in [3.63, 3.8) is 0 Å². The van der Waals surface area contributed by atoms with Gasteiger partial charge in [-0.1, -0.05) is 41.9 Å². The average Bonchev–Trinajstić information content (AvgIpc) is 2.51. The summed E-state index contributed by atoms with van der Waals surface area (Å²) in [6.45, 7) is 0.455. The van der Waals surface area contributed by atoms with Crippen molar-refractivity contribution in [2.24, 2.45) is 5.73 Å². The second-order valence-corrected chi connectivity index (χ2v) is 5.06. The highest BCUT2D eigenvalue weighted by Crippen LogP contribution is 2.32. The Bertz CT molecular complexity index is 804. The van der Waals surface area contributed by atoms with Crippen LogP contribution in [-0.2, 0) is 6.54 Å². The molecule has 106 valence electrons. The van der Waals surface area contributed by atoms with E-state index in [2.05, 4.69) is 0 Å². The molecule has 4 heteroatoms. The van der Waals surface area contributed by atoms with Gasteiger partial charge < -0.3 is 10.5 Å². The minimum absolute atomic E-state index is 0.0747. The molecule has 0 saturated heterocycles. The molecule has 3 aromatic carbocycles. The lowest BCUT2D eigenvalue weighted by Gasteiger charge is -2.12. The van der Waals surface area contributed by atoms with Crippen LogP contribution < -0.4 is 10.5 Å². The summed E-state index contributed by atoms with van der Waals surface area (Å²) in [4.78, 5) is 0. The summed E-state index contributed by atoms with van der Waals surface area (Å²) < 4.78 is 19.3. The highest BCUT2D eigenvalue weighted by molar-refractivity contribution is 6.30. The normalized spacial score (nSPS) is 10.8. The van der Waals surface area contributed by atoms with Gasteiger partial charge in [0.15, 0.2) is 0 Å². The van der Waals surface area contributed by atoms with Crippen molar-refractivity contribution in [3.05, 3.63) is 71.0 Å². The fourth-order valence-corrected chi connectivity index (χ4v) is 2.39. The molecule has 2 nitrogen and oxygen atoms in total. The highest BCUT2D eigenvalue weighted by atomic mass is 35.5. The molecular formula is C17H13ClFNO. The van der Waals surface area contributed by atoms with Gasteiger partial charge in [0.05, 0.1) is 5.02 Å². The molecule has 0 fully saturated rings. The molecule has 0 saturated carbocycles. The van der Waals surface area contributed by atoms with Crippen LogP contribution >= 0.6 is 11.6 Å². The average molecular weight is 302 g/mol. The van der Waals surface area contributed by atoms with Crippen molar-refractivity contribution in [2.45, 2.75) is 6.54 Å². The minimum Gasteiger partial charge on any atom is -0.457 e. The Balaban J connectivity index is 2.06. The smallest absolute Gasteiger partial charge is 0.145 e. The quantitative estimate of drug-likeness (QED) is 0.748. The van der Waals surface area contributed by atoms with E-state index in [1.165, 1.54) is 12.1 Å². The first-order chi connectivity index (χ1) is 10.2. The van der Waals surface area contributed by atoms with Crippen LogP contribution in [0.3, 0.4) is 0 Å². The molecule has 0 unspecified atom stereocenters. The molecule has 0 spiro atoms. The van der Waals surface area contributed by atoms with E-state index in [0.29, 0.717) is 18.0 Å². The second kappa shape index (κ2) is 5.72. The van der Waals surface area contributed by atoms with E-state index in [1.807, 2.05) is 36.4 Å². The molecule has 0 bridgehead atoms. The second-order valence-electron chi connectivity index (χ2n) is 4.65. The van der Waals surface area contributed by atoms with Crippen molar-refractivity contribution in [2.75, 3.05) is 0 Å². The van der Waals surface area contributed by atoms with Gasteiger partial charge in [0.25, 0.3) is 0 Å². The van der Waals surface area contributed by atoms with E-state index in [4.69, 9.17) is 22.1 Å². The fourth-order valence-electron chi connectivity index (χ4n) is 2.27. The predicted molar refractivity (Wildman–Crippen MR) is 83.3 cm³/mol. The molecule has 3 rings (SSSR count). The summed E-state index contributed by atoms with van der Waals surface area (Å²) in [7, 11) is 0. The Morgan fingerprint density at radius 3 is 2.48 bits per heavy atom. The molecule has 2 N–H and O–H groups in total. The zero-order valence-electron chi connectivity index (χ0n) is 11.1. The molecule has 0 aliphatic rings. The number of ether oxygens (including phenoxy) is 1. The predicted octanol–water partition coefficient (Wildman–Crippen LogP) is 4.88. The van der Waals surface area contributed by atoms with Gasteiger partial charge in [0.2, 0.25) is 0 Å². The van der Waals surface area contributed by atoms with Gasteiger partial charge in [-0.05, 0) is 29.1 Å². The van der Waals surface area contributed by atoms with Crippen LogP contribution in [0.25, 0.3) is 10.8 Å². The van der Waals surface area contributed by atoms with Crippen molar-refractivity contribution in [1.29, 1.82) is 0 Å². The van der Waals surface area contributed by atoms with Crippen LogP contribution in [-0.4, -0.2) is 0 Å². The molecule has 0 radical (unpaired) electrons. The lowest BCUT2D eigenvalue weighted by molar-refractivity contribution is 0.482. The van der Waals surface area contributed by atoms with E-state index >= 15 is 0 Å². The standard InChI is InChI=1S/C17H13ClFNO/c18-15-7-6-12(9-16(15)19)21-17-8-5-11(10-20)13-3-1-2-4-14(13)17/h1-9H,10,20H2. The summed E-state index contributed by atoms with van der Waals surface area (Å²) in [5, 5.41) is 2.05. The number of hydrogen-bond donors (Lipinski definition) is 1. The lowest BCUT2D eigenvalue weighted by Crippen LogP contribution is -1.98. The number of fused-ring (bicyclic) bond motifs is 1. The number of nitrogens with two attached hydrogens (primary N) is 1. The first-order valence-corrected chi connectivity index (χ1v) is 6.90. The van der Waals surface area contributed by atoms with Crippen molar-refractivity contribution in [3.8, 4) is 11.5 Å². The summed E-state index contributed by atoms with van der Waals surface area (Å²) in [5.41, 5.74) is 6.79. The lowest BCUT2D eigenvalue weighted by atomic mass is 10.0. The molecule has 0 aliphatic carbocycles.